The van der Waals surface area contributed by atoms with Gasteiger partial charge in [-0.1, -0.05) is 41.6 Å². The van der Waals surface area contributed by atoms with Gasteiger partial charge in [0.2, 0.25) is 0 Å². The molecule has 29 heavy (non-hydrogen) atoms. The second-order valence-electron chi connectivity index (χ2n) is 6.35. The van der Waals surface area contributed by atoms with Gasteiger partial charge in [-0.05, 0) is 36.9 Å². The molecule has 0 aliphatic rings. The maximum atomic E-state index is 13.5. The summed E-state index contributed by atoms with van der Waals surface area (Å²) in [6.07, 6.45) is -4.70. The maximum absolute atomic E-state index is 13.5. The zero-order valence-electron chi connectivity index (χ0n) is 15.5. The number of ketones is 1. The number of halogens is 3. The van der Waals surface area contributed by atoms with Gasteiger partial charge in [-0.25, -0.2) is 4.98 Å². The Labute approximate surface area is 174 Å². The highest BCUT2D eigenvalue weighted by Gasteiger charge is 2.36. The van der Waals surface area contributed by atoms with Gasteiger partial charge in [0, 0.05) is 5.56 Å². The fourth-order valence-corrected chi connectivity index (χ4v) is 4.42. The van der Waals surface area contributed by atoms with Crippen molar-refractivity contribution >= 4 is 28.9 Å². The minimum Gasteiger partial charge on any atom is -0.293 e. The molecular formula is C21H15F3N2OS2. The molecule has 0 aliphatic heterocycles. The number of pyridine rings is 1. The second-order valence-corrected chi connectivity index (χ2v) is 8.26. The molecule has 0 saturated carbocycles. The van der Waals surface area contributed by atoms with Crippen LogP contribution < -0.4 is 0 Å². The number of rotatable bonds is 5. The van der Waals surface area contributed by atoms with Gasteiger partial charge in [-0.15, -0.1) is 11.3 Å². The van der Waals surface area contributed by atoms with Crippen LogP contribution in [0.5, 0.6) is 0 Å². The largest absolute Gasteiger partial charge is 0.417 e. The van der Waals surface area contributed by atoms with Crippen molar-refractivity contribution in [2.75, 3.05) is 5.75 Å². The van der Waals surface area contributed by atoms with Crippen molar-refractivity contribution in [2.45, 2.75) is 25.0 Å². The predicted molar refractivity (Wildman–Crippen MR) is 108 cm³/mol. The lowest BCUT2D eigenvalue weighted by molar-refractivity contribution is -0.138. The van der Waals surface area contributed by atoms with Gasteiger partial charge < -0.3 is 0 Å². The lowest BCUT2D eigenvalue weighted by atomic mass is 10.0. The molecule has 0 amide bonds. The van der Waals surface area contributed by atoms with Crippen LogP contribution in [-0.2, 0) is 6.18 Å². The van der Waals surface area contributed by atoms with Crippen molar-refractivity contribution in [3.05, 3.63) is 69.6 Å². The average molecular weight is 432 g/mol. The monoisotopic (exact) mass is 432 g/mol. The lowest BCUT2D eigenvalue weighted by Gasteiger charge is -2.13. The molecule has 0 atom stereocenters. The Morgan fingerprint density at radius 2 is 2.00 bits per heavy atom. The van der Waals surface area contributed by atoms with Crippen molar-refractivity contribution in [2.24, 2.45) is 0 Å². The molecule has 0 bridgehead atoms. The SMILES string of the molecule is Cc1ccc(C(=O)CSc2nc(-c3cccs3)cc(C(F)(F)F)c2C#N)c(C)c1. The van der Waals surface area contributed by atoms with Gasteiger partial charge in [0.25, 0.3) is 0 Å². The highest BCUT2D eigenvalue weighted by atomic mass is 32.2. The molecule has 3 rings (SSSR count). The van der Waals surface area contributed by atoms with Gasteiger partial charge >= 0.3 is 6.18 Å². The Kier molecular flexibility index (Phi) is 6.10. The van der Waals surface area contributed by atoms with Gasteiger partial charge in [0.05, 0.1) is 27.5 Å². The quantitative estimate of drug-likeness (QED) is 0.351. The highest BCUT2D eigenvalue weighted by molar-refractivity contribution is 8.00. The van der Waals surface area contributed by atoms with Crippen LogP contribution in [-0.4, -0.2) is 16.5 Å². The van der Waals surface area contributed by atoms with Crippen LogP contribution in [0.25, 0.3) is 10.6 Å². The summed E-state index contributed by atoms with van der Waals surface area (Å²) < 4.78 is 40.6. The van der Waals surface area contributed by atoms with Gasteiger partial charge in [-0.3, -0.25) is 4.79 Å². The highest BCUT2D eigenvalue weighted by Crippen LogP contribution is 2.38. The van der Waals surface area contributed by atoms with E-state index in [4.69, 9.17) is 0 Å². The number of hydrogen-bond acceptors (Lipinski definition) is 5. The molecule has 2 aromatic heterocycles. The Morgan fingerprint density at radius 3 is 2.59 bits per heavy atom. The standard InChI is InChI=1S/C21H15F3N2OS2/c1-12-5-6-14(13(2)8-12)18(27)11-29-20-15(10-25)16(21(22,23)24)9-17(26-20)19-4-3-7-28-19/h3-9H,11H2,1-2H3. The van der Waals surface area contributed by atoms with Gasteiger partial charge in [-0.2, -0.15) is 18.4 Å². The van der Waals surface area contributed by atoms with Crippen molar-refractivity contribution in [3.63, 3.8) is 0 Å². The summed E-state index contributed by atoms with van der Waals surface area (Å²) in [5.41, 5.74) is 0.849. The van der Waals surface area contributed by atoms with Crippen molar-refractivity contribution in [3.8, 4) is 16.6 Å². The van der Waals surface area contributed by atoms with E-state index in [9.17, 15) is 23.2 Å². The van der Waals surface area contributed by atoms with E-state index in [1.165, 1.54) is 11.3 Å². The van der Waals surface area contributed by atoms with Crippen LogP contribution in [0, 0.1) is 25.2 Å². The van der Waals surface area contributed by atoms with E-state index in [0.717, 1.165) is 29.0 Å². The zero-order valence-corrected chi connectivity index (χ0v) is 17.1. The molecule has 1 aromatic carbocycles. The summed E-state index contributed by atoms with van der Waals surface area (Å²) in [6, 6.07) is 11.3. The molecule has 0 N–H and O–H groups in total. The van der Waals surface area contributed by atoms with E-state index in [0.29, 0.717) is 10.4 Å². The van der Waals surface area contributed by atoms with E-state index in [1.807, 2.05) is 26.0 Å². The van der Waals surface area contributed by atoms with Crippen LogP contribution in [0.2, 0.25) is 0 Å². The number of thioether (sulfide) groups is 1. The normalized spacial score (nSPS) is 11.3. The third-order valence-corrected chi connectivity index (χ3v) is 6.07. The molecule has 2 heterocycles. The molecule has 8 heteroatoms. The number of alkyl halides is 3. The summed E-state index contributed by atoms with van der Waals surface area (Å²) in [5, 5.41) is 11.0. The summed E-state index contributed by atoms with van der Waals surface area (Å²) in [4.78, 5) is 17.4. The smallest absolute Gasteiger partial charge is 0.293 e. The van der Waals surface area contributed by atoms with E-state index in [-0.39, 0.29) is 22.3 Å². The first-order valence-electron chi connectivity index (χ1n) is 8.50. The molecule has 0 radical (unpaired) electrons. The molecule has 3 aromatic rings. The van der Waals surface area contributed by atoms with Crippen molar-refractivity contribution in [1.29, 1.82) is 5.26 Å². The number of carbonyl (C=O) groups is 1. The summed E-state index contributed by atoms with van der Waals surface area (Å²) in [6.45, 7) is 3.72. The Hall–Kier alpha value is -2.63. The maximum Gasteiger partial charge on any atom is 0.417 e. The number of hydrogen-bond donors (Lipinski definition) is 0. The summed E-state index contributed by atoms with van der Waals surface area (Å²) in [5.74, 6) is -0.343. The summed E-state index contributed by atoms with van der Waals surface area (Å²) in [7, 11) is 0. The number of carbonyl (C=O) groups excluding carboxylic acids is 1. The average Bonchev–Trinajstić information content (AvgIpc) is 3.19. The molecular weight excluding hydrogens is 417 g/mol. The van der Waals surface area contributed by atoms with Crippen LogP contribution in [0.4, 0.5) is 13.2 Å². The number of nitrogens with zero attached hydrogens (tertiary/aromatic N) is 2. The lowest BCUT2D eigenvalue weighted by Crippen LogP contribution is -2.11. The number of aromatic nitrogens is 1. The Balaban J connectivity index is 1.98. The van der Waals surface area contributed by atoms with Crippen molar-refractivity contribution in [1.82, 2.24) is 4.98 Å². The minimum atomic E-state index is -4.70. The molecule has 3 nitrogen and oxygen atoms in total. The Morgan fingerprint density at radius 1 is 1.24 bits per heavy atom. The molecule has 148 valence electrons. The molecule has 0 aliphatic carbocycles. The second kappa shape index (κ2) is 8.39. The number of thiophene rings is 1. The molecule has 0 unspecified atom stereocenters. The third kappa shape index (κ3) is 4.69. The number of aryl methyl sites for hydroxylation is 2. The van der Waals surface area contributed by atoms with Crippen LogP contribution in [0.15, 0.2) is 46.8 Å². The number of benzene rings is 1. The van der Waals surface area contributed by atoms with E-state index in [1.54, 1.807) is 29.6 Å². The van der Waals surface area contributed by atoms with Crippen molar-refractivity contribution < 1.29 is 18.0 Å². The van der Waals surface area contributed by atoms with E-state index >= 15 is 0 Å². The van der Waals surface area contributed by atoms with E-state index < -0.39 is 17.3 Å². The molecule has 0 saturated heterocycles. The first-order chi connectivity index (χ1) is 13.7. The van der Waals surface area contributed by atoms with Crippen LogP contribution >= 0.6 is 23.1 Å². The third-order valence-electron chi connectivity index (χ3n) is 4.20. The number of Topliss-reactive ketones (excluding diaryl/α,β-unsaturated/α-hetero) is 1. The fraction of sp³-hybridized carbons (Fsp3) is 0.190. The summed E-state index contributed by atoms with van der Waals surface area (Å²) >= 11 is 2.10. The Bertz CT molecular complexity index is 1100. The minimum absolute atomic E-state index is 0.0937. The molecule has 0 spiro atoms. The van der Waals surface area contributed by atoms with Crippen LogP contribution in [0.1, 0.15) is 32.6 Å². The zero-order chi connectivity index (χ0) is 21.2. The number of nitriles is 1. The predicted octanol–water partition coefficient (Wildman–Crippen LogP) is 6.29. The van der Waals surface area contributed by atoms with E-state index in [2.05, 4.69) is 4.98 Å². The van der Waals surface area contributed by atoms with Gasteiger partial charge in [0.15, 0.2) is 5.78 Å². The molecule has 0 fully saturated rings. The first-order valence-corrected chi connectivity index (χ1v) is 10.4. The van der Waals surface area contributed by atoms with Crippen LogP contribution in [0.3, 0.4) is 0 Å². The first kappa shape index (κ1) is 21.1. The fourth-order valence-electron chi connectivity index (χ4n) is 2.85. The topological polar surface area (TPSA) is 53.8 Å². The van der Waals surface area contributed by atoms with Gasteiger partial charge in [0.1, 0.15) is 11.1 Å².